The van der Waals surface area contributed by atoms with E-state index in [4.69, 9.17) is 4.74 Å². The van der Waals surface area contributed by atoms with Crippen molar-refractivity contribution in [3.8, 4) is 5.75 Å². The lowest BCUT2D eigenvalue weighted by Gasteiger charge is -2.35. The standard InChI is InChI=1S/C15H21NO5S2/c1-4-10-16(15(2)9-11-22(17,18)12-15)23(19,20)14-7-5-13(21-3)6-8-14/h4-8H,1,9-12H2,2-3H3/t15-/m1/s1. The zero-order valence-electron chi connectivity index (χ0n) is 13.2. The van der Waals surface area contributed by atoms with Crippen LogP contribution in [0.3, 0.4) is 0 Å². The Morgan fingerprint density at radius 2 is 1.96 bits per heavy atom. The van der Waals surface area contributed by atoms with Gasteiger partial charge in [0, 0.05) is 12.1 Å². The van der Waals surface area contributed by atoms with Gasteiger partial charge in [-0.1, -0.05) is 6.08 Å². The highest BCUT2D eigenvalue weighted by Gasteiger charge is 2.47. The summed E-state index contributed by atoms with van der Waals surface area (Å²) in [5.74, 6) is 0.368. The zero-order valence-corrected chi connectivity index (χ0v) is 14.9. The topological polar surface area (TPSA) is 80.8 Å². The van der Waals surface area contributed by atoms with Gasteiger partial charge in [-0.3, -0.25) is 0 Å². The lowest BCUT2D eigenvalue weighted by molar-refractivity contribution is 0.252. The fourth-order valence-corrected chi connectivity index (χ4v) is 6.79. The molecule has 0 radical (unpaired) electrons. The molecule has 0 aromatic heterocycles. The van der Waals surface area contributed by atoms with E-state index >= 15 is 0 Å². The zero-order chi connectivity index (χ0) is 17.3. The van der Waals surface area contributed by atoms with Crippen molar-refractivity contribution in [2.45, 2.75) is 23.8 Å². The number of rotatable bonds is 6. The maximum absolute atomic E-state index is 13.0. The molecule has 1 aromatic carbocycles. The number of nitrogens with zero attached hydrogens (tertiary/aromatic N) is 1. The summed E-state index contributed by atoms with van der Waals surface area (Å²) in [4.78, 5) is 0.102. The van der Waals surface area contributed by atoms with Gasteiger partial charge in [-0.15, -0.1) is 6.58 Å². The van der Waals surface area contributed by atoms with Gasteiger partial charge in [-0.05, 0) is 37.6 Å². The highest BCUT2D eigenvalue weighted by molar-refractivity contribution is 7.92. The molecule has 1 aliphatic heterocycles. The molecule has 0 unspecified atom stereocenters. The maximum atomic E-state index is 13.0. The van der Waals surface area contributed by atoms with Crippen LogP contribution in [0.15, 0.2) is 41.8 Å². The minimum Gasteiger partial charge on any atom is -0.497 e. The lowest BCUT2D eigenvalue weighted by atomic mass is 10.0. The van der Waals surface area contributed by atoms with Gasteiger partial charge in [0.25, 0.3) is 0 Å². The summed E-state index contributed by atoms with van der Waals surface area (Å²) in [6.45, 7) is 5.32. The SMILES string of the molecule is C=CCN([C@]1(C)CCS(=O)(=O)C1)S(=O)(=O)c1ccc(OC)cc1. The van der Waals surface area contributed by atoms with Crippen LogP contribution in [-0.2, 0) is 19.9 Å². The third-order valence-electron chi connectivity index (χ3n) is 4.03. The number of ether oxygens (including phenoxy) is 1. The second-order valence-electron chi connectivity index (χ2n) is 5.84. The van der Waals surface area contributed by atoms with Crippen molar-refractivity contribution < 1.29 is 21.6 Å². The molecule has 1 fully saturated rings. The molecule has 2 rings (SSSR count). The normalized spacial score (nSPS) is 23.8. The molecule has 1 aromatic rings. The van der Waals surface area contributed by atoms with Gasteiger partial charge in [0.2, 0.25) is 10.0 Å². The smallest absolute Gasteiger partial charge is 0.243 e. The molecule has 0 N–H and O–H groups in total. The number of benzene rings is 1. The molecule has 0 aliphatic carbocycles. The van der Waals surface area contributed by atoms with E-state index in [9.17, 15) is 16.8 Å². The van der Waals surface area contributed by atoms with E-state index in [-0.39, 0.29) is 29.4 Å². The summed E-state index contributed by atoms with van der Waals surface area (Å²) >= 11 is 0. The Morgan fingerprint density at radius 1 is 1.35 bits per heavy atom. The second kappa shape index (κ2) is 6.26. The Morgan fingerprint density at radius 3 is 2.39 bits per heavy atom. The van der Waals surface area contributed by atoms with E-state index in [0.717, 1.165) is 0 Å². The van der Waals surface area contributed by atoms with Gasteiger partial charge in [-0.2, -0.15) is 4.31 Å². The van der Waals surface area contributed by atoms with Crippen molar-refractivity contribution in [1.82, 2.24) is 4.31 Å². The molecule has 1 aliphatic rings. The monoisotopic (exact) mass is 359 g/mol. The third-order valence-corrected chi connectivity index (χ3v) is 7.95. The van der Waals surface area contributed by atoms with Crippen LogP contribution < -0.4 is 4.74 Å². The van der Waals surface area contributed by atoms with E-state index in [1.807, 2.05) is 0 Å². The largest absolute Gasteiger partial charge is 0.497 e. The lowest BCUT2D eigenvalue weighted by Crippen LogP contribution is -2.50. The Labute approximate surface area is 137 Å². The average molecular weight is 359 g/mol. The van der Waals surface area contributed by atoms with Gasteiger partial charge in [0.05, 0.1) is 23.5 Å². The predicted molar refractivity (Wildman–Crippen MR) is 88.8 cm³/mol. The molecule has 0 bridgehead atoms. The minimum atomic E-state index is -3.84. The Bertz CT molecular complexity index is 784. The van der Waals surface area contributed by atoms with Crippen LogP contribution in [0.5, 0.6) is 5.75 Å². The minimum absolute atomic E-state index is 0.00469. The summed E-state index contributed by atoms with van der Waals surface area (Å²) < 4.78 is 55.9. The quantitative estimate of drug-likeness (QED) is 0.718. The Hall–Kier alpha value is -1.38. The molecule has 1 atom stereocenters. The first kappa shape index (κ1) is 18.0. The van der Waals surface area contributed by atoms with Gasteiger partial charge in [0.1, 0.15) is 5.75 Å². The van der Waals surface area contributed by atoms with Crippen molar-refractivity contribution in [3.05, 3.63) is 36.9 Å². The number of hydrogen-bond donors (Lipinski definition) is 0. The molecule has 128 valence electrons. The molecular weight excluding hydrogens is 338 g/mol. The fourth-order valence-electron chi connectivity index (χ4n) is 2.79. The molecule has 0 spiro atoms. The van der Waals surface area contributed by atoms with Crippen molar-refractivity contribution >= 4 is 19.9 Å². The third kappa shape index (κ3) is 3.59. The van der Waals surface area contributed by atoms with Crippen LogP contribution in [-0.4, -0.2) is 51.8 Å². The van der Waals surface area contributed by atoms with Crippen LogP contribution >= 0.6 is 0 Å². The molecule has 0 amide bonds. The summed E-state index contributed by atoms with van der Waals surface area (Å²) in [5.41, 5.74) is -0.966. The van der Waals surface area contributed by atoms with Crippen LogP contribution in [0.1, 0.15) is 13.3 Å². The molecule has 1 heterocycles. The van der Waals surface area contributed by atoms with E-state index in [0.29, 0.717) is 5.75 Å². The Kier molecular flexibility index (Phi) is 4.89. The molecule has 0 saturated carbocycles. The van der Waals surface area contributed by atoms with Gasteiger partial charge in [0.15, 0.2) is 9.84 Å². The van der Waals surface area contributed by atoms with Gasteiger partial charge >= 0.3 is 0 Å². The number of sulfone groups is 1. The second-order valence-corrected chi connectivity index (χ2v) is 9.89. The van der Waals surface area contributed by atoms with E-state index < -0.39 is 25.4 Å². The predicted octanol–water partition coefficient (Wildman–Crippen LogP) is 1.45. The first-order chi connectivity index (χ1) is 10.6. The van der Waals surface area contributed by atoms with Crippen LogP contribution in [0.25, 0.3) is 0 Å². The van der Waals surface area contributed by atoms with E-state index in [1.165, 1.54) is 29.6 Å². The van der Waals surface area contributed by atoms with Crippen molar-refractivity contribution in [3.63, 3.8) is 0 Å². The maximum Gasteiger partial charge on any atom is 0.243 e. The van der Waals surface area contributed by atoms with Crippen LogP contribution in [0.2, 0.25) is 0 Å². The van der Waals surface area contributed by atoms with Gasteiger partial charge in [-0.25, -0.2) is 16.8 Å². The molecular formula is C15H21NO5S2. The van der Waals surface area contributed by atoms with Crippen molar-refractivity contribution in [2.75, 3.05) is 25.2 Å². The Balaban J connectivity index is 2.45. The van der Waals surface area contributed by atoms with Crippen LogP contribution in [0.4, 0.5) is 0 Å². The summed E-state index contributed by atoms with van der Waals surface area (Å²) in [6.07, 6.45) is 1.75. The average Bonchev–Trinajstić information content (AvgIpc) is 2.79. The van der Waals surface area contributed by atoms with Crippen molar-refractivity contribution in [1.29, 1.82) is 0 Å². The number of hydrogen-bond acceptors (Lipinski definition) is 5. The summed E-state index contributed by atoms with van der Waals surface area (Å²) in [7, 11) is -5.57. The molecule has 1 saturated heterocycles. The van der Waals surface area contributed by atoms with Crippen molar-refractivity contribution in [2.24, 2.45) is 0 Å². The highest BCUT2D eigenvalue weighted by atomic mass is 32.2. The van der Waals surface area contributed by atoms with Crippen LogP contribution in [0, 0.1) is 0 Å². The fraction of sp³-hybridized carbons (Fsp3) is 0.467. The van der Waals surface area contributed by atoms with Gasteiger partial charge < -0.3 is 4.74 Å². The molecule has 8 heteroatoms. The highest BCUT2D eigenvalue weighted by Crippen LogP contribution is 2.34. The summed E-state index contributed by atoms with van der Waals surface area (Å²) in [6, 6.07) is 6.04. The van der Waals surface area contributed by atoms with E-state index in [2.05, 4.69) is 6.58 Å². The van der Waals surface area contributed by atoms with E-state index in [1.54, 1.807) is 19.1 Å². The molecule has 23 heavy (non-hydrogen) atoms. The first-order valence-electron chi connectivity index (χ1n) is 7.13. The summed E-state index contributed by atoms with van der Waals surface area (Å²) in [5, 5.41) is 0. The number of methoxy groups -OCH3 is 1. The first-order valence-corrected chi connectivity index (χ1v) is 10.4. The molecule has 6 nitrogen and oxygen atoms in total. The number of sulfonamides is 1.